The number of hydrogen-bond donors (Lipinski definition) is 2. The fourth-order valence-electron chi connectivity index (χ4n) is 4.22. The van der Waals surface area contributed by atoms with Gasteiger partial charge in [-0.05, 0) is 43.2 Å². The van der Waals surface area contributed by atoms with Gasteiger partial charge in [0, 0.05) is 0 Å². The van der Waals surface area contributed by atoms with Crippen LogP contribution in [-0.4, -0.2) is 25.4 Å². The molecule has 0 saturated heterocycles. The molecule has 174 valence electrons. The average Bonchev–Trinajstić information content (AvgIpc) is 2.88. The highest BCUT2D eigenvalue weighted by Crippen LogP contribution is 2.22. The maximum absolute atomic E-state index is 6.09. The Balaban J connectivity index is 0.000000181. The third-order valence-electron chi connectivity index (χ3n) is 6.25. The van der Waals surface area contributed by atoms with Crippen LogP contribution in [0.15, 0.2) is 72.8 Å². The van der Waals surface area contributed by atoms with Crippen LogP contribution in [0.4, 0.5) is 0 Å². The zero-order valence-corrected chi connectivity index (χ0v) is 19.3. The number of nitrogens with two attached hydrogens (primary N) is 2. The van der Waals surface area contributed by atoms with Crippen molar-refractivity contribution in [1.82, 2.24) is 0 Å². The molecule has 2 aromatic rings. The number of benzene rings is 2. The van der Waals surface area contributed by atoms with Crippen molar-refractivity contribution in [3.8, 4) is 0 Å². The summed E-state index contributed by atoms with van der Waals surface area (Å²) < 4.78 is 11.7. The summed E-state index contributed by atoms with van der Waals surface area (Å²) in [7, 11) is 0. The van der Waals surface area contributed by atoms with Crippen molar-refractivity contribution in [2.45, 2.75) is 75.7 Å². The van der Waals surface area contributed by atoms with E-state index < -0.39 is 0 Å². The van der Waals surface area contributed by atoms with Gasteiger partial charge in [-0.3, -0.25) is 0 Å². The van der Waals surface area contributed by atoms with E-state index in [1.165, 1.54) is 37.7 Å². The molecule has 0 aromatic heterocycles. The molecule has 3 atom stereocenters. The van der Waals surface area contributed by atoms with Crippen molar-refractivity contribution >= 4 is 0 Å². The van der Waals surface area contributed by atoms with E-state index in [2.05, 4.69) is 36.4 Å². The molecule has 1 fully saturated rings. The predicted molar refractivity (Wildman–Crippen MR) is 132 cm³/mol. The highest BCUT2D eigenvalue weighted by molar-refractivity contribution is 5.19. The van der Waals surface area contributed by atoms with Gasteiger partial charge in [-0.1, -0.05) is 92.1 Å². The Bertz CT molecular complexity index is 760. The Morgan fingerprint density at radius 2 is 1.19 bits per heavy atom. The lowest BCUT2D eigenvalue weighted by molar-refractivity contribution is 0.0206. The van der Waals surface area contributed by atoms with Crippen molar-refractivity contribution in [2.75, 3.05) is 13.2 Å². The second-order valence-corrected chi connectivity index (χ2v) is 8.87. The van der Waals surface area contributed by atoms with Crippen LogP contribution in [0.2, 0.25) is 0 Å². The van der Waals surface area contributed by atoms with E-state index in [-0.39, 0.29) is 12.1 Å². The average molecular weight is 437 g/mol. The number of allylic oxidation sites excluding steroid dienone is 1. The molecule has 32 heavy (non-hydrogen) atoms. The minimum atomic E-state index is -0.00731. The van der Waals surface area contributed by atoms with Crippen LogP contribution < -0.4 is 11.5 Å². The molecule has 4 rings (SSSR count). The predicted octanol–water partition coefficient (Wildman–Crippen LogP) is 5.85. The Kier molecular flexibility index (Phi) is 11.0. The lowest BCUT2D eigenvalue weighted by atomic mass is 9.98. The first-order chi connectivity index (χ1) is 15.7. The Labute approximate surface area is 194 Å². The molecule has 1 unspecified atom stereocenters. The lowest BCUT2D eigenvalue weighted by Crippen LogP contribution is -2.23. The van der Waals surface area contributed by atoms with Crippen molar-refractivity contribution in [3.63, 3.8) is 0 Å². The summed E-state index contributed by atoms with van der Waals surface area (Å²) in [6.07, 6.45) is 14.9. The first kappa shape index (κ1) is 24.7. The van der Waals surface area contributed by atoms with E-state index in [0.717, 1.165) is 24.8 Å². The minimum absolute atomic E-state index is 0.00731. The van der Waals surface area contributed by atoms with Gasteiger partial charge in [0.15, 0.2) is 0 Å². The topological polar surface area (TPSA) is 70.5 Å². The highest BCUT2D eigenvalue weighted by atomic mass is 16.5. The molecule has 0 heterocycles. The van der Waals surface area contributed by atoms with Crippen LogP contribution >= 0.6 is 0 Å². The normalized spacial score (nSPS) is 20.8. The Hall–Kier alpha value is -1.98. The van der Waals surface area contributed by atoms with Gasteiger partial charge in [-0.25, -0.2) is 0 Å². The van der Waals surface area contributed by atoms with Gasteiger partial charge in [0.2, 0.25) is 0 Å². The van der Waals surface area contributed by atoms with E-state index in [4.69, 9.17) is 20.9 Å². The third kappa shape index (κ3) is 8.87. The summed E-state index contributed by atoms with van der Waals surface area (Å²) in [5.74, 6) is 0. The summed E-state index contributed by atoms with van der Waals surface area (Å²) in [5, 5.41) is 0. The molecular weight excluding hydrogens is 396 g/mol. The van der Waals surface area contributed by atoms with Crippen LogP contribution in [-0.2, 0) is 9.47 Å². The summed E-state index contributed by atoms with van der Waals surface area (Å²) in [5.41, 5.74) is 14.5. The largest absolute Gasteiger partial charge is 0.376 e. The van der Waals surface area contributed by atoms with E-state index in [1.807, 2.05) is 36.4 Å². The van der Waals surface area contributed by atoms with Crippen molar-refractivity contribution in [3.05, 3.63) is 83.9 Å². The summed E-state index contributed by atoms with van der Waals surface area (Å²) in [4.78, 5) is 0. The summed E-state index contributed by atoms with van der Waals surface area (Å²) in [6.45, 7) is 1.26. The molecule has 1 saturated carbocycles. The monoisotopic (exact) mass is 436 g/mol. The first-order valence-corrected chi connectivity index (χ1v) is 12.2. The maximum Gasteiger partial charge on any atom is 0.0663 e. The van der Waals surface area contributed by atoms with E-state index in [0.29, 0.717) is 25.4 Å². The van der Waals surface area contributed by atoms with Crippen LogP contribution in [0, 0.1) is 0 Å². The molecule has 2 aromatic carbocycles. The Morgan fingerprint density at radius 1 is 0.656 bits per heavy atom. The van der Waals surface area contributed by atoms with Gasteiger partial charge < -0.3 is 20.9 Å². The van der Waals surface area contributed by atoms with Gasteiger partial charge in [-0.2, -0.15) is 0 Å². The van der Waals surface area contributed by atoms with Gasteiger partial charge in [0.1, 0.15) is 0 Å². The third-order valence-corrected chi connectivity index (χ3v) is 6.25. The van der Waals surface area contributed by atoms with Gasteiger partial charge >= 0.3 is 0 Å². The van der Waals surface area contributed by atoms with E-state index in [1.54, 1.807) is 0 Å². The summed E-state index contributed by atoms with van der Waals surface area (Å²) in [6, 6.07) is 20.3. The second-order valence-electron chi connectivity index (χ2n) is 8.87. The van der Waals surface area contributed by atoms with Crippen LogP contribution in [0.25, 0.3) is 0 Å². The zero-order valence-electron chi connectivity index (χ0n) is 19.3. The van der Waals surface area contributed by atoms with Gasteiger partial charge in [-0.15, -0.1) is 0 Å². The molecule has 2 aliphatic rings. The number of hydrogen-bond acceptors (Lipinski definition) is 4. The first-order valence-electron chi connectivity index (χ1n) is 12.2. The van der Waals surface area contributed by atoms with Crippen molar-refractivity contribution < 1.29 is 9.47 Å². The SMILES string of the molecule is N[C@H](COC1CC=CCC1)c1ccccc1.N[C@H](COC1CCCCC1)c1ccccc1. The molecule has 4 nitrogen and oxygen atoms in total. The molecule has 4 N–H and O–H groups in total. The molecule has 0 radical (unpaired) electrons. The minimum Gasteiger partial charge on any atom is -0.376 e. The van der Waals surface area contributed by atoms with Crippen LogP contribution in [0.1, 0.15) is 74.6 Å². The smallest absolute Gasteiger partial charge is 0.0663 e. The Morgan fingerprint density at radius 3 is 1.69 bits per heavy atom. The quantitative estimate of drug-likeness (QED) is 0.509. The molecule has 0 bridgehead atoms. The van der Waals surface area contributed by atoms with Crippen LogP contribution in [0.5, 0.6) is 0 Å². The molecule has 2 aliphatic carbocycles. The number of rotatable bonds is 8. The lowest BCUT2D eigenvalue weighted by Gasteiger charge is -2.23. The van der Waals surface area contributed by atoms with Crippen molar-refractivity contribution in [2.24, 2.45) is 11.5 Å². The maximum atomic E-state index is 6.09. The van der Waals surface area contributed by atoms with Crippen molar-refractivity contribution in [1.29, 1.82) is 0 Å². The molecule has 0 spiro atoms. The van der Waals surface area contributed by atoms with Crippen LogP contribution in [0.3, 0.4) is 0 Å². The fraction of sp³-hybridized carbons (Fsp3) is 0.500. The second kappa shape index (κ2) is 14.2. The molecule has 4 heteroatoms. The molecule has 0 aliphatic heterocycles. The molecular formula is C28H40N2O2. The zero-order chi connectivity index (χ0) is 22.4. The van der Waals surface area contributed by atoms with E-state index in [9.17, 15) is 0 Å². The highest BCUT2D eigenvalue weighted by Gasteiger charge is 2.15. The fourth-order valence-corrected chi connectivity index (χ4v) is 4.22. The standard InChI is InChI=1S/C14H21NO.C14H19NO/c2*15-14(12-7-3-1-4-8-12)11-16-13-9-5-2-6-10-13/h1,3-4,7-8,13-14H,2,5-6,9-11,15H2;1-5,7-8,13-14H,6,9-11,15H2/t14-;13?,14-/m11/s1. The molecule has 0 amide bonds. The number of ether oxygens (including phenoxy) is 2. The van der Waals surface area contributed by atoms with E-state index >= 15 is 0 Å². The van der Waals surface area contributed by atoms with Gasteiger partial charge in [0.25, 0.3) is 0 Å². The summed E-state index contributed by atoms with van der Waals surface area (Å²) >= 11 is 0. The van der Waals surface area contributed by atoms with Gasteiger partial charge in [0.05, 0.1) is 37.5 Å².